The third-order valence-corrected chi connectivity index (χ3v) is 4.34. The maximum absolute atomic E-state index is 12.0. The van der Waals surface area contributed by atoms with Crippen LogP contribution in [0.1, 0.15) is 12.8 Å². The lowest BCUT2D eigenvalue weighted by molar-refractivity contribution is -0.124. The van der Waals surface area contributed by atoms with Crippen LogP contribution in [0.2, 0.25) is 0 Å². The number of hydrogen-bond donors (Lipinski definition) is 2. The predicted octanol–water partition coefficient (Wildman–Crippen LogP) is -1.14. The number of carbonyl (C=O) groups excluding carboxylic acids is 1. The van der Waals surface area contributed by atoms with Gasteiger partial charge in [-0.1, -0.05) is 6.08 Å². The van der Waals surface area contributed by atoms with Gasteiger partial charge in [0, 0.05) is 12.5 Å². The molecule has 1 aliphatic heterocycles. The lowest BCUT2D eigenvalue weighted by Crippen LogP contribution is -2.46. The average molecular weight is 240 g/mol. The lowest BCUT2D eigenvalue weighted by atomic mass is 10.1. The molecule has 1 heterocycles. The fraction of sp³-hybridized carbons (Fsp3) is 0.700. The van der Waals surface area contributed by atoms with Crippen LogP contribution in [0.4, 0.5) is 0 Å². The van der Waals surface area contributed by atoms with E-state index >= 15 is 0 Å². The number of nitrogens with one attached hydrogen (secondary N) is 1. The third kappa shape index (κ3) is 2.17. The molecule has 0 bridgehead atoms. The Hall–Kier alpha value is -0.375. The van der Waals surface area contributed by atoms with E-state index in [2.05, 4.69) is 21.1 Å². The van der Waals surface area contributed by atoms with E-state index in [4.69, 9.17) is 0 Å². The molecule has 6 heteroatoms. The standard InChI is InChI=1S/C10H18BN2O2P/c1-2-6-4-10(6,16)12-9(15)8-3-7(14)5-13(8)11/h2,6-8,14H,1,3-5,11,16H2,(H,12,15)/t6-,7-,8+,10+/m1/s1. The summed E-state index contributed by atoms with van der Waals surface area (Å²) in [4.78, 5) is 13.9. The molecule has 1 unspecified atom stereocenters. The molecule has 1 amide bonds. The molecule has 0 aromatic heterocycles. The van der Waals surface area contributed by atoms with Crippen molar-refractivity contribution in [2.24, 2.45) is 5.92 Å². The van der Waals surface area contributed by atoms with Crippen molar-refractivity contribution < 1.29 is 9.90 Å². The maximum atomic E-state index is 12.0. The molecule has 0 radical (unpaired) electrons. The minimum atomic E-state index is -0.379. The number of aliphatic hydroxyl groups is 1. The first kappa shape index (κ1) is 12.1. The minimum Gasteiger partial charge on any atom is -0.392 e. The number of nitrogens with zero attached hydrogens (tertiary/aromatic N) is 1. The molecule has 1 saturated carbocycles. The van der Waals surface area contributed by atoms with E-state index in [0.29, 0.717) is 18.9 Å². The van der Waals surface area contributed by atoms with Crippen molar-refractivity contribution in [1.82, 2.24) is 10.1 Å². The highest BCUT2D eigenvalue weighted by Gasteiger charge is 2.50. The molecule has 2 rings (SSSR count). The van der Waals surface area contributed by atoms with Gasteiger partial charge in [-0.15, -0.1) is 15.8 Å². The topological polar surface area (TPSA) is 52.6 Å². The number of aliphatic hydroxyl groups excluding tert-OH is 1. The van der Waals surface area contributed by atoms with Gasteiger partial charge in [0.05, 0.1) is 17.4 Å². The van der Waals surface area contributed by atoms with E-state index in [9.17, 15) is 9.90 Å². The Labute approximate surface area is 99.1 Å². The highest BCUT2D eigenvalue weighted by molar-refractivity contribution is 7.19. The van der Waals surface area contributed by atoms with Crippen LogP contribution < -0.4 is 5.32 Å². The summed E-state index contributed by atoms with van der Waals surface area (Å²) in [6, 6.07) is -0.196. The zero-order valence-electron chi connectivity index (χ0n) is 9.52. The van der Waals surface area contributed by atoms with E-state index in [1.54, 1.807) is 0 Å². The Balaban J connectivity index is 1.92. The molecule has 0 aromatic carbocycles. The van der Waals surface area contributed by atoms with E-state index in [-0.39, 0.29) is 23.3 Å². The summed E-state index contributed by atoms with van der Waals surface area (Å²) >= 11 is 0. The second-order valence-electron chi connectivity index (χ2n) is 4.92. The molecule has 4 nitrogen and oxygen atoms in total. The van der Waals surface area contributed by atoms with Gasteiger partial charge in [-0.3, -0.25) is 4.79 Å². The summed E-state index contributed by atoms with van der Waals surface area (Å²) in [7, 11) is 4.57. The van der Waals surface area contributed by atoms with E-state index in [0.717, 1.165) is 6.42 Å². The molecule has 2 aliphatic rings. The fourth-order valence-electron chi connectivity index (χ4n) is 2.33. The van der Waals surface area contributed by atoms with Gasteiger partial charge in [0.15, 0.2) is 7.98 Å². The predicted molar refractivity (Wildman–Crippen MR) is 68.5 cm³/mol. The monoisotopic (exact) mass is 240 g/mol. The first-order valence-corrected chi connectivity index (χ1v) is 6.16. The number of carbonyl (C=O) groups is 1. The first-order chi connectivity index (χ1) is 7.46. The van der Waals surface area contributed by atoms with Crippen molar-refractivity contribution in [3.8, 4) is 0 Å². The van der Waals surface area contributed by atoms with Gasteiger partial charge in [0.1, 0.15) is 0 Å². The van der Waals surface area contributed by atoms with Crippen molar-refractivity contribution in [2.75, 3.05) is 6.54 Å². The smallest absolute Gasteiger partial charge is 0.237 e. The summed E-state index contributed by atoms with van der Waals surface area (Å²) in [6.45, 7) is 4.31. The Kier molecular flexibility index (Phi) is 3.12. The number of rotatable bonds is 3. The van der Waals surface area contributed by atoms with Crippen LogP contribution in [-0.4, -0.2) is 47.8 Å². The molecule has 0 spiro atoms. The Morgan fingerprint density at radius 1 is 1.75 bits per heavy atom. The number of β-amino-alcohol motifs (C(OH)–C–C–N with tert-alkyl or cyclic N) is 1. The van der Waals surface area contributed by atoms with Crippen LogP contribution in [0.15, 0.2) is 12.7 Å². The Bertz CT molecular complexity index is 328. The molecule has 88 valence electrons. The minimum absolute atomic E-state index is 0.0124. The summed E-state index contributed by atoms with van der Waals surface area (Å²) in [5, 5.41) is 12.3. The van der Waals surface area contributed by atoms with Crippen molar-refractivity contribution in [2.45, 2.75) is 30.3 Å². The second-order valence-corrected chi connectivity index (χ2v) is 5.95. The van der Waals surface area contributed by atoms with Crippen LogP contribution in [0.5, 0.6) is 0 Å². The summed E-state index contributed by atoms with van der Waals surface area (Å²) in [6.07, 6.45) is 2.96. The summed E-state index contributed by atoms with van der Waals surface area (Å²) in [5.74, 6) is 0.372. The van der Waals surface area contributed by atoms with Crippen LogP contribution in [0.25, 0.3) is 0 Å². The average Bonchev–Trinajstić information content (AvgIpc) is 2.71. The Morgan fingerprint density at radius 3 is 2.88 bits per heavy atom. The van der Waals surface area contributed by atoms with E-state index in [1.807, 2.05) is 18.9 Å². The van der Waals surface area contributed by atoms with Gasteiger partial charge in [0.25, 0.3) is 0 Å². The van der Waals surface area contributed by atoms with Gasteiger partial charge >= 0.3 is 0 Å². The van der Waals surface area contributed by atoms with Crippen molar-refractivity contribution in [3.05, 3.63) is 12.7 Å². The fourth-order valence-corrected chi connectivity index (χ4v) is 2.87. The van der Waals surface area contributed by atoms with Crippen LogP contribution in [-0.2, 0) is 4.79 Å². The quantitative estimate of drug-likeness (QED) is 0.372. The SMILES string of the molecule is BN1C[C@H](O)C[C@H]1C(=O)N[C@]1(P)C[C@H]1C=C. The third-order valence-electron chi connectivity index (χ3n) is 3.53. The summed E-state index contributed by atoms with van der Waals surface area (Å²) < 4.78 is 0. The lowest BCUT2D eigenvalue weighted by Gasteiger charge is -2.21. The second kappa shape index (κ2) is 4.13. The zero-order valence-corrected chi connectivity index (χ0v) is 10.7. The summed E-state index contributed by atoms with van der Waals surface area (Å²) in [5.41, 5.74) is 0. The Morgan fingerprint density at radius 2 is 2.44 bits per heavy atom. The number of amides is 1. The molecule has 2 N–H and O–H groups in total. The molecule has 2 fully saturated rings. The highest BCUT2D eigenvalue weighted by Crippen LogP contribution is 2.49. The number of hydrogen-bond acceptors (Lipinski definition) is 3. The molecule has 5 atom stereocenters. The molecule has 0 aromatic rings. The van der Waals surface area contributed by atoms with Crippen LogP contribution >= 0.6 is 9.24 Å². The van der Waals surface area contributed by atoms with Gasteiger partial charge in [-0.2, -0.15) is 0 Å². The zero-order chi connectivity index (χ0) is 11.9. The van der Waals surface area contributed by atoms with Gasteiger partial charge in [0.2, 0.25) is 5.91 Å². The maximum Gasteiger partial charge on any atom is 0.237 e. The van der Waals surface area contributed by atoms with Crippen molar-refractivity contribution in [3.63, 3.8) is 0 Å². The van der Waals surface area contributed by atoms with E-state index in [1.165, 1.54) is 0 Å². The van der Waals surface area contributed by atoms with Gasteiger partial charge in [-0.25, -0.2) is 0 Å². The molecule has 1 saturated heterocycles. The normalized spacial score (nSPS) is 43.0. The van der Waals surface area contributed by atoms with Crippen LogP contribution in [0.3, 0.4) is 0 Å². The molecule has 16 heavy (non-hydrogen) atoms. The van der Waals surface area contributed by atoms with Crippen molar-refractivity contribution in [1.29, 1.82) is 0 Å². The largest absolute Gasteiger partial charge is 0.392 e. The molecular weight excluding hydrogens is 222 g/mol. The molecular formula is C10H18BN2O2P. The molecule has 1 aliphatic carbocycles. The highest BCUT2D eigenvalue weighted by atomic mass is 31.0. The van der Waals surface area contributed by atoms with E-state index < -0.39 is 0 Å². The van der Waals surface area contributed by atoms with Crippen LogP contribution in [0, 0.1) is 5.92 Å². The van der Waals surface area contributed by atoms with Gasteiger partial charge < -0.3 is 15.2 Å². The van der Waals surface area contributed by atoms with Gasteiger partial charge in [-0.05, 0) is 12.8 Å². The van der Waals surface area contributed by atoms with Crippen molar-refractivity contribution >= 4 is 23.1 Å². The first-order valence-electron chi connectivity index (χ1n) is 5.58.